The Labute approximate surface area is 108 Å². The lowest BCUT2D eigenvalue weighted by Gasteiger charge is -2.33. The van der Waals surface area contributed by atoms with Crippen LogP contribution in [0.3, 0.4) is 0 Å². The molecule has 0 saturated carbocycles. The molecule has 0 atom stereocenters. The summed E-state index contributed by atoms with van der Waals surface area (Å²) in [6.45, 7) is 3.99. The maximum atomic E-state index is 8.95. The zero-order valence-electron chi connectivity index (χ0n) is 9.78. The van der Waals surface area contributed by atoms with Crippen LogP contribution < -0.4 is 10.4 Å². The first-order valence-corrected chi connectivity index (χ1v) is 5.42. The Kier molecular flexibility index (Phi) is 5.20. The molecule has 2 N–H and O–H groups in total. The maximum Gasteiger partial charge on any atom is 0.490 e. The van der Waals surface area contributed by atoms with Gasteiger partial charge >= 0.3 is 7.12 Å². The SMILES string of the molecule is CN1CCN(c2ccc(B(O)O)cn2)CC1.Cl. The van der Waals surface area contributed by atoms with E-state index in [4.69, 9.17) is 10.0 Å². The Morgan fingerprint density at radius 1 is 1.18 bits per heavy atom. The second-order valence-electron chi connectivity index (χ2n) is 4.11. The van der Waals surface area contributed by atoms with Crippen LogP contribution in [0.15, 0.2) is 18.3 Å². The van der Waals surface area contributed by atoms with Gasteiger partial charge in [0.15, 0.2) is 0 Å². The molecule has 5 nitrogen and oxygen atoms in total. The third-order valence-electron chi connectivity index (χ3n) is 2.90. The molecule has 2 heterocycles. The smallest absolute Gasteiger partial charge is 0.423 e. The van der Waals surface area contributed by atoms with Crippen LogP contribution in [-0.4, -0.2) is 60.3 Å². The van der Waals surface area contributed by atoms with E-state index >= 15 is 0 Å². The molecule has 0 amide bonds. The van der Waals surface area contributed by atoms with Gasteiger partial charge in [-0.05, 0) is 13.1 Å². The van der Waals surface area contributed by atoms with Gasteiger partial charge in [-0.2, -0.15) is 0 Å². The summed E-state index contributed by atoms with van der Waals surface area (Å²) in [5.74, 6) is 0.900. The molecule has 1 aromatic rings. The first-order valence-electron chi connectivity index (χ1n) is 5.42. The topological polar surface area (TPSA) is 59.8 Å². The van der Waals surface area contributed by atoms with E-state index < -0.39 is 7.12 Å². The van der Waals surface area contributed by atoms with Crippen molar-refractivity contribution < 1.29 is 10.0 Å². The fourth-order valence-electron chi connectivity index (χ4n) is 1.77. The second kappa shape index (κ2) is 6.21. The number of aromatic nitrogens is 1. The average Bonchev–Trinajstić information content (AvgIpc) is 2.30. The molecule has 0 bridgehead atoms. The summed E-state index contributed by atoms with van der Waals surface area (Å²) in [4.78, 5) is 8.72. The number of piperazine rings is 1. The fourth-order valence-corrected chi connectivity index (χ4v) is 1.77. The Hall–Kier alpha value is -0.815. The van der Waals surface area contributed by atoms with Gasteiger partial charge in [-0.1, -0.05) is 6.07 Å². The van der Waals surface area contributed by atoms with Crippen molar-refractivity contribution in [2.75, 3.05) is 38.1 Å². The number of rotatable bonds is 2. The Morgan fingerprint density at radius 2 is 1.82 bits per heavy atom. The quantitative estimate of drug-likeness (QED) is 0.661. The lowest BCUT2D eigenvalue weighted by Crippen LogP contribution is -2.45. The summed E-state index contributed by atoms with van der Waals surface area (Å²) in [5, 5.41) is 17.9. The predicted molar refractivity (Wildman–Crippen MR) is 71.0 cm³/mol. The highest BCUT2D eigenvalue weighted by Gasteiger charge is 2.16. The molecule has 17 heavy (non-hydrogen) atoms. The molecule has 1 aliphatic rings. The van der Waals surface area contributed by atoms with Crippen LogP contribution in [0, 0.1) is 0 Å². The van der Waals surface area contributed by atoms with E-state index in [0.29, 0.717) is 5.46 Å². The van der Waals surface area contributed by atoms with Gasteiger partial charge in [-0.15, -0.1) is 12.4 Å². The molecule has 0 unspecified atom stereocenters. The van der Waals surface area contributed by atoms with Gasteiger partial charge in [0.1, 0.15) is 5.82 Å². The van der Waals surface area contributed by atoms with E-state index in [2.05, 4.69) is 21.8 Å². The molecule has 0 radical (unpaired) electrons. The number of likely N-dealkylation sites (N-methyl/N-ethyl adjacent to an activating group) is 1. The summed E-state index contributed by atoms with van der Waals surface area (Å²) in [5.41, 5.74) is 0.429. The highest BCUT2D eigenvalue weighted by molar-refractivity contribution is 6.58. The molecule has 1 saturated heterocycles. The Bertz CT molecular complexity index is 342. The zero-order valence-corrected chi connectivity index (χ0v) is 10.6. The summed E-state index contributed by atoms with van der Waals surface area (Å²) in [7, 11) is 0.671. The van der Waals surface area contributed by atoms with Gasteiger partial charge in [0.2, 0.25) is 0 Å². The van der Waals surface area contributed by atoms with E-state index in [9.17, 15) is 0 Å². The van der Waals surface area contributed by atoms with Crippen LogP contribution in [0.2, 0.25) is 0 Å². The van der Waals surface area contributed by atoms with Crippen LogP contribution in [0.1, 0.15) is 0 Å². The van der Waals surface area contributed by atoms with Crippen molar-refractivity contribution in [1.29, 1.82) is 0 Å². The van der Waals surface area contributed by atoms with Gasteiger partial charge < -0.3 is 19.8 Å². The summed E-state index contributed by atoms with van der Waals surface area (Å²) >= 11 is 0. The molecule has 1 aliphatic heterocycles. The van der Waals surface area contributed by atoms with Gasteiger partial charge in [-0.25, -0.2) is 4.98 Å². The molecular weight excluding hydrogens is 240 g/mol. The van der Waals surface area contributed by atoms with Crippen molar-refractivity contribution in [3.63, 3.8) is 0 Å². The van der Waals surface area contributed by atoms with Crippen LogP contribution >= 0.6 is 12.4 Å². The minimum Gasteiger partial charge on any atom is -0.423 e. The fraction of sp³-hybridized carbons (Fsp3) is 0.500. The molecule has 7 heteroatoms. The van der Waals surface area contributed by atoms with Crippen molar-refractivity contribution in [2.24, 2.45) is 0 Å². The average molecular weight is 258 g/mol. The largest absolute Gasteiger partial charge is 0.490 e. The third kappa shape index (κ3) is 3.57. The third-order valence-corrected chi connectivity index (χ3v) is 2.90. The van der Waals surface area contributed by atoms with Crippen molar-refractivity contribution in [2.45, 2.75) is 0 Å². The molecule has 94 valence electrons. The molecule has 0 spiro atoms. The summed E-state index contributed by atoms with van der Waals surface area (Å²) in [6, 6.07) is 3.53. The van der Waals surface area contributed by atoms with Gasteiger partial charge in [0.25, 0.3) is 0 Å². The number of pyridine rings is 1. The predicted octanol–water partition coefficient (Wildman–Crippen LogP) is -1.07. The lowest BCUT2D eigenvalue weighted by molar-refractivity contribution is 0.312. The number of hydrogen-bond acceptors (Lipinski definition) is 5. The number of anilines is 1. The highest BCUT2D eigenvalue weighted by Crippen LogP contribution is 2.10. The molecular formula is C10H17BClN3O2. The van der Waals surface area contributed by atoms with E-state index in [1.807, 2.05) is 6.07 Å². The maximum absolute atomic E-state index is 8.95. The highest BCUT2D eigenvalue weighted by atomic mass is 35.5. The van der Waals surface area contributed by atoms with Gasteiger partial charge in [-0.3, -0.25) is 0 Å². The van der Waals surface area contributed by atoms with Crippen molar-refractivity contribution in [3.8, 4) is 0 Å². The number of hydrogen-bond donors (Lipinski definition) is 2. The second-order valence-corrected chi connectivity index (χ2v) is 4.11. The Morgan fingerprint density at radius 3 is 2.29 bits per heavy atom. The van der Waals surface area contributed by atoms with Gasteiger partial charge in [0.05, 0.1) is 0 Å². The van der Waals surface area contributed by atoms with E-state index in [1.165, 1.54) is 6.20 Å². The van der Waals surface area contributed by atoms with Crippen LogP contribution in [-0.2, 0) is 0 Å². The number of halogens is 1. The molecule has 0 aromatic carbocycles. The summed E-state index contributed by atoms with van der Waals surface area (Å²) in [6.07, 6.45) is 1.51. The van der Waals surface area contributed by atoms with Crippen LogP contribution in [0.5, 0.6) is 0 Å². The Balaban J connectivity index is 0.00000144. The van der Waals surface area contributed by atoms with Gasteiger partial charge in [0, 0.05) is 37.8 Å². The van der Waals surface area contributed by atoms with E-state index in [1.54, 1.807) is 6.07 Å². The number of nitrogens with zero attached hydrogens (tertiary/aromatic N) is 3. The molecule has 0 aliphatic carbocycles. The van der Waals surface area contributed by atoms with Crippen molar-refractivity contribution >= 4 is 30.8 Å². The van der Waals surface area contributed by atoms with Crippen molar-refractivity contribution in [1.82, 2.24) is 9.88 Å². The minimum atomic E-state index is -1.44. The first kappa shape index (κ1) is 14.2. The standard InChI is InChI=1S/C10H16BN3O2.ClH/c1-13-4-6-14(7-5-13)10-3-2-9(8-12-10)11(15)16;/h2-3,8,15-16H,4-7H2,1H3;1H. The minimum absolute atomic E-state index is 0. The first-order chi connectivity index (χ1) is 7.66. The monoisotopic (exact) mass is 257 g/mol. The van der Waals surface area contributed by atoms with E-state index in [0.717, 1.165) is 32.0 Å². The normalized spacial score (nSPS) is 16.5. The zero-order chi connectivity index (χ0) is 11.5. The summed E-state index contributed by atoms with van der Waals surface area (Å²) < 4.78 is 0. The van der Waals surface area contributed by atoms with E-state index in [-0.39, 0.29) is 12.4 Å². The molecule has 2 rings (SSSR count). The van der Waals surface area contributed by atoms with Crippen LogP contribution in [0.4, 0.5) is 5.82 Å². The molecule has 1 fully saturated rings. The lowest BCUT2D eigenvalue weighted by atomic mass is 9.82. The van der Waals surface area contributed by atoms with Crippen LogP contribution in [0.25, 0.3) is 0 Å². The molecule has 1 aromatic heterocycles. The van der Waals surface area contributed by atoms with Crippen molar-refractivity contribution in [3.05, 3.63) is 18.3 Å².